The molecular formula is C41H62N4O6. The molecule has 0 fully saturated rings. The smallest absolute Gasteiger partial charge is 0.405 e. The van der Waals surface area contributed by atoms with Crippen molar-refractivity contribution in [2.45, 2.75) is 86.4 Å². The van der Waals surface area contributed by atoms with Gasteiger partial charge in [0.15, 0.2) is 0 Å². The summed E-state index contributed by atoms with van der Waals surface area (Å²) in [7, 11) is 0. The minimum atomic E-state index is -0.725. The van der Waals surface area contributed by atoms with Crippen molar-refractivity contribution in [3.8, 4) is 17.2 Å². The fourth-order valence-corrected chi connectivity index (χ4v) is 5.11. The fraction of sp³-hybridized carbons (Fsp3) is 0.512. The standard InChI is InChI=1S/C36H51N3O4.C5H11NO2/c1-5-38(6-2)24-12-26-41-33-21-22-34(35(28-33)42-27-13-25-39(7-3)8-4)37-36(40)23-18-30-16-19-32(20-17-30)43-29-31-14-10-9-11-15-31;1-5(2,3)8-4(6)7/h9-11,14-17,19-22,28H,5-8,12-13,18,23-27,29H2,1-4H3,(H,37,40);1-3H3,(H2,6,7). The zero-order valence-electron chi connectivity index (χ0n) is 32.0. The van der Waals surface area contributed by atoms with E-state index in [-0.39, 0.29) is 5.91 Å². The van der Waals surface area contributed by atoms with Gasteiger partial charge in [-0.1, -0.05) is 70.2 Å². The first-order chi connectivity index (χ1) is 24.5. The third-order valence-electron chi connectivity index (χ3n) is 8.00. The third-order valence-corrected chi connectivity index (χ3v) is 8.00. The number of carbonyl (C=O) groups is 2. The van der Waals surface area contributed by atoms with Gasteiger partial charge < -0.3 is 39.8 Å². The van der Waals surface area contributed by atoms with E-state index in [9.17, 15) is 9.59 Å². The molecule has 0 saturated carbocycles. The number of aryl methyl sites for hydroxylation is 1. The summed E-state index contributed by atoms with van der Waals surface area (Å²) in [5.41, 5.74) is 7.16. The number of hydrogen-bond donors (Lipinski definition) is 2. The molecule has 0 radical (unpaired) electrons. The summed E-state index contributed by atoms with van der Waals surface area (Å²) in [6.45, 7) is 21.9. The van der Waals surface area contributed by atoms with Gasteiger partial charge in [-0.05, 0) is 102 Å². The lowest BCUT2D eigenvalue weighted by atomic mass is 10.1. The Morgan fingerprint density at radius 1 is 0.706 bits per heavy atom. The zero-order valence-corrected chi connectivity index (χ0v) is 32.0. The molecular weight excluding hydrogens is 644 g/mol. The second-order valence-corrected chi connectivity index (χ2v) is 13.1. The van der Waals surface area contributed by atoms with E-state index in [2.05, 4.69) is 47.5 Å². The summed E-state index contributed by atoms with van der Waals surface area (Å²) in [6, 6.07) is 23.8. The summed E-state index contributed by atoms with van der Waals surface area (Å²) in [5.74, 6) is 2.17. The molecule has 10 heteroatoms. The van der Waals surface area contributed by atoms with E-state index in [1.807, 2.05) is 72.8 Å². The van der Waals surface area contributed by atoms with Crippen LogP contribution in [0.3, 0.4) is 0 Å². The Labute approximate surface area is 306 Å². The molecule has 0 aliphatic rings. The summed E-state index contributed by atoms with van der Waals surface area (Å²) in [6.07, 6.45) is 2.15. The van der Waals surface area contributed by atoms with E-state index in [0.29, 0.717) is 44.1 Å². The van der Waals surface area contributed by atoms with E-state index >= 15 is 0 Å². The van der Waals surface area contributed by atoms with E-state index in [4.69, 9.17) is 19.9 Å². The number of anilines is 1. The first-order valence-electron chi connectivity index (χ1n) is 18.3. The van der Waals surface area contributed by atoms with Crippen molar-refractivity contribution in [1.82, 2.24) is 9.80 Å². The average Bonchev–Trinajstić information content (AvgIpc) is 3.11. The second kappa shape index (κ2) is 24.0. The summed E-state index contributed by atoms with van der Waals surface area (Å²) < 4.78 is 22.7. The van der Waals surface area contributed by atoms with Crippen molar-refractivity contribution < 1.29 is 28.5 Å². The van der Waals surface area contributed by atoms with Crippen LogP contribution in [-0.4, -0.2) is 79.9 Å². The minimum Gasteiger partial charge on any atom is -0.493 e. The Balaban J connectivity index is 0.00000100. The molecule has 3 rings (SSSR count). The summed E-state index contributed by atoms with van der Waals surface area (Å²) >= 11 is 0. The van der Waals surface area contributed by atoms with Crippen molar-refractivity contribution in [3.05, 3.63) is 83.9 Å². The van der Waals surface area contributed by atoms with E-state index < -0.39 is 11.7 Å². The zero-order chi connectivity index (χ0) is 37.5. The van der Waals surface area contributed by atoms with Crippen LogP contribution in [0.15, 0.2) is 72.8 Å². The normalized spacial score (nSPS) is 11.1. The number of amides is 2. The minimum absolute atomic E-state index is 0.0507. The molecule has 282 valence electrons. The van der Waals surface area contributed by atoms with Gasteiger partial charge in [-0.2, -0.15) is 0 Å². The van der Waals surface area contributed by atoms with Crippen LogP contribution in [0.25, 0.3) is 0 Å². The fourth-order valence-electron chi connectivity index (χ4n) is 5.11. The average molecular weight is 707 g/mol. The maximum atomic E-state index is 12.9. The maximum Gasteiger partial charge on any atom is 0.405 e. The molecule has 2 amide bonds. The largest absolute Gasteiger partial charge is 0.493 e. The molecule has 0 atom stereocenters. The molecule has 3 aromatic carbocycles. The van der Waals surface area contributed by atoms with E-state index in [1.165, 1.54) is 0 Å². The van der Waals surface area contributed by atoms with Crippen LogP contribution in [0, 0.1) is 0 Å². The molecule has 0 heterocycles. The number of rotatable bonds is 21. The van der Waals surface area contributed by atoms with Gasteiger partial charge in [-0.15, -0.1) is 0 Å². The van der Waals surface area contributed by atoms with E-state index in [0.717, 1.165) is 74.7 Å². The summed E-state index contributed by atoms with van der Waals surface area (Å²) in [4.78, 5) is 27.7. The molecule has 3 aromatic rings. The highest BCUT2D eigenvalue weighted by atomic mass is 16.6. The monoisotopic (exact) mass is 706 g/mol. The molecule has 0 aliphatic carbocycles. The van der Waals surface area contributed by atoms with Crippen LogP contribution in [-0.2, 0) is 22.6 Å². The topological polar surface area (TPSA) is 116 Å². The lowest BCUT2D eigenvalue weighted by Crippen LogP contribution is -2.27. The van der Waals surface area contributed by atoms with Crippen molar-refractivity contribution in [2.75, 3.05) is 57.8 Å². The molecule has 3 N–H and O–H groups in total. The third kappa shape index (κ3) is 19.1. The molecule has 0 unspecified atom stereocenters. The van der Waals surface area contributed by atoms with Crippen molar-refractivity contribution >= 4 is 17.7 Å². The Hall–Kier alpha value is -4.28. The summed E-state index contributed by atoms with van der Waals surface area (Å²) in [5, 5.41) is 3.07. The van der Waals surface area contributed by atoms with Gasteiger partial charge in [0.2, 0.25) is 5.91 Å². The number of benzene rings is 3. The number of nitrogens with zero attached hydrogens (tertiary/aromatic N) is 2. The van der Waals surface area contributed by atoms with Crippen molar-refractivity contribution in [2.24, 2.45) is 5.73 Å². The van der Waals surface area contributed by atoms with Crippen LogP contribution in [0.2, 0.25) is 0 Å². The van der Waals surface area contributed by atoms with Gasteiger partial charge in [0.25, 0.3) is 0 Å². The predicted molar refractivity (Wildman–Crippen MR) is 207 cm³/mol. The van der Waals surface area contributed by atoms with Gasteiger partial charge in [-0.3, -0.25) is 4.79 Å². The van der Waals surface area contributed by atoms with Crippen molar-refractivity contribution in [1.29, 1.82) is 0 Å². The number of ether oxygens (including phenoxy) is 4. The van der Waals surface area contributed by atoms with Gasteiger partial charge in [0.1, 0.15) is 29.5 Å². The first kappa shape index (κ1) is 42.9. The maximum absolute atomic E-state index is 12.9. The van der Waals surface area contributed by atoms with Crippen LogP contribution < -0.4 is 25.3 Å². The molecule has 0 aromatic heterocycles. The highest BCUT2D eigenvalue weighted by molar-refractivity contribution is 5.92. The molecule has 0 saturated heterocycles. The Morgan fingerprint density at radius 2 is 1.27 bits per heavy atom. The second-order valence-electron chi connectivity index (χ2n) is 13.1. The number of primary amides is 1. The molecule has 0 spiro atoms. The Kier molecular flexibility index (Phi) is 20.2. The highest BCUT2D eigenvalue weighted by Crippen LogP contribution is 2.30. The predicted octanol–water partition coefficient (Wildman–Crippen LogP) is 7.94. The van der Waals surface area contributed by atoms with E-state index in [1.54, 1.807) is 20.8 Å². The quantitative estimate of drug-likeness (QED) is 0.107. The molecule has 0 aliphatic heterocycles. The highest BCUT2D eigenvalue weighted by Gasteiger charge is 2.13. The lowest BCUT2D eigenvalue weighted by molar-refractivity contribution is -0.116. The molecule has 10 nitrogen and oxygen atoms in total. The number of nitrogens with one attached hydrogen (secondary N) is 1. The van der Waals surface area contributed by atoms with Gasteiger partial charge in [0.05, 0.1) is 18.9 Å². The van der Waals surface area contributed by atoms with Gasteiger partial charge >= 0.3 is 6.09 Å². The number of nitrogens with two attached hydrogens (primary N) is 1. The molecule has 0 bridgehead atoms. The van der Waals surface area contributed by atoms with Crippen LogP contribution >= 0.6 is 0 Å². The van der Waals surface area contributed by atoms with Crippen LogP contribution in [0.4, 0.5) is 10.5 Å². The Bertz CT molecular complexity index is 1390. The first-order valence-corrected chi connectivity index (χ1v) is 18.3. The van der Waals surface area contributed by atoms with Gasteiger partial charge in [-0.25, -0.2) is 4.79 Å². The number of carbonyl (C=O) groups excluding carboxylic acids is 2. The lowest BCUT2D eigenvalue weighted by Gasteiger charge is -2.19. The SMILES string of the molecule is CC(C)(C)OC(N)=O.CCN(CC)CCCOc1ccc(NC(=O)CCc2ccc(OCc3ccccc3)cc2)c(OCCCN(CC)CC)c1. The molecule has 51 heavy (non-hydrogen) atoms. The van der Waals surface area contributed by atoms with Gasteiger partial charge in [0, 0.05) is 25.6 Å². The van der Waals surface area contributed by atoms with Crippen LogP contribution in [0.1, 0.15) is 78.9 Å². The van der Waals surface area contributed by atoms with Crippen LogP contribution in [0.5, 0.6) is 17.2 Å². The Morgan fingerprint density at radius 3 is 1.80 bits per heavy atom. The number of hydrogen-bond acceptors (Lipinski definition) is 8. The van der Waals surface area contributed by atoms with Crippen molar-refractivity contribution in [3.63, 3.8) is 0 Å².